The fourth-order valence-corrected chi connectivity index (χ4v) is 2.41. The molecule has 122 valence electrons. The van der Waals surface area contributed by atoms with Gasteiger partial charge in [0.2, 0.25) is 0 Å². The summed E-state index contributed by atoms with van der Waals surface area (Å²) in [5, 5.41) is 0. The van der Waals surface area contributed by atoms with Crippen LogP contribution >= 0.6 is 0 Å². The molecule has 1 aliphatic rings. The summed E-state index contributed by atoms with van der Waals surface area (Å²) < 4.78 is 16.5. The number of methoxy groups -OCH3 is 1. The van der Waals surface area contributed by atoms with Crippen LogP contribution in [0.15, 0.2) is 24.3 Å². The van der Waals surface area contributed by atoms with Crippen molar-refractivity contribution < 1.29 is 19.0 Å². The molecule has 1 saturated heterocycles. The van der Waals surface area contributed by atoms with Crippen molar-refractivity contribution >= 4 is 6.09 Å². The van der Waals surface area contributed by atoms with Gasteiger partial charge in [0.05, 0.1) is 13.7 Å². The van der Waals surface area contributed by atoms with E-state index in [0.29, 0.717) is 19.1 Å². The lowest BCUT2D eigenvalue weighted by atomic mass is 10.1. The highest BCUT2D eigenvalue weighted by Gasteiger charge is 2.30. The number of amides is 1. The van der Waals surface area contributed by atoms with E-state index in [1.54, 1.807) is 12.0 Å². The fraction of sp³-hybridized carbons (Fsp3) is 0.588. The van der Waals surface area contributed by atoms with Gasteiger partial charge in [0, 0.05) is 19.0 Å². The van der Waals surface area contributed by atoms with E-state index in [-0.39, 0.29) is 6.09 Å². The Kier molecular flexibility index (Phi) is 5.16. The molecule has 0 bridgehead atoms. The minimum absolute atomic E-state index is 0.243. The quantitative estimate of drug-likeness (QED) is 0.856. The summed E-state index contributed by atoms with van der Waals surface area (Å²) >= 11 is 0. The van der Waals surface area contributed by atoms with E-state index in [1.165, 1.54) is 0 Å². The average molecular weight is 307 g/mol. The van der Waals surface area contributed by atoms with Gasteiger partial charge in [0.15, 0.2) is 11.5 Å². The first kappa shape index (κ1) is 16.5. The van der Waals surface area contributed by atoms with Gasteiger partial charge < -0.3 is 19.1 Å². The lowest BCUT2D eigenvalue weighted by molar-refractivity contribution is 0.0284. The number of nitrogens with zero attached hydrogens (tertiary/aromatic N) is 1. The van der Waals surface area contributed by atoms with Gasteiger partial charge in [-0.05, 0) is 39.3 Å². The molecule has 2 rings (SSSR count). The predicted molar refractivity (Wildman–Crippen MR) is 84.4 cm³/mol. The maximum absolute atomic E-state index is 12.0. The van der Waals surface area contributed by atoms with Gasteiger partial charge in [-0.3, -0.25) is 0 Å². The first-order valence-corrected chi connectivity index (χ1v) is 7.63. The van der Waals surface area contributed by atoms with Gasteiger partial charge in [0.1, 0.15) is 5.60 Å². The minimum atomic E-state index is -0.455. The lowest BCUT2D eigenvalue weighted by Gasteiger charge is -2.24. The Labute approximate surface area is 132 Å². The van der Waals surface area contributed by atoms with Gasteiger partial charge in [-0.15, -0.1) is 0 Å². The van der Waals surface area contributed by atoms with Crippen molar-refractivity contribution in [3.63, 3.8) is 0 Å². The van der Waals surface area contributed by atoms with Crippen LogP contribution in [0.4, 0.5) is 4.79 Å². The predicted octanol–water partition coefficient (Wildman–Crippen LogP) is 3.33. The third-order valence-electron chi connectivity index (χ3n) is 3.48. The summed E-state index contributed by atoms with van der Waals surface area (Å²) in [5.41, 5.74) is -0.455. The zero-order valence-electron chi connectivity index (χ0n) is 13.8. The largest absolute Gasteiger partial charge is 0.493 e. The number of benzene rings is 1. The summed E-state index contributed by atoms with van der Waals surface area (Å²) in [6.07, 6.45) is 0.682. The van der Waals surface area contributed by atoms with Crippen molar-refractivity contribution in [3.8, 4) is 11.5 Å². The molecule has 0 aromatic heterocycles. The molecule has 0 radical (unpaired) electrons. The van der Waals surface area contributed by atoms with Gasteiger partial charge in [-0.25, -0.2) is 4.79 Å². The van der Waals surface area contributed by atoms with E-state index in [1.807, 2.05) is 45.0 Å². The van der Waals surface area contributed by atoms with E-state index in [9.17, 15) is 4.79 Å². The number of likely N-dealkylation sites (tertiary alicyclic amines) is 1. The first-order chi connectivity index (χ1) is 10.4. The number of carbonyl (C=O) groups is 1. The molecular weight excluding hydrogens is 282 g/mol. The summed E-state index contributed by atoms with van der Waals surface area (Å²) in [5.74, 6) is 1.78. The zero-order valence-corrected chi connectivity index (χ0v) is 13.8. The van der Waals surface area contributed by atoms with Gasteiger partial charge >= 0.3 is 6.09 Å². The number of hydrogen-bond acceptors (Lipinski definition) is 4. The molecule has 0 saturated carbocycles. The van der Waals surface area contributed by atoms with E-state index < -0.39 is 5.60 Å². The number of hydrogen-bond donors (Lipinski definition) is 0. The monoisotopic (exact) mass is 307 g/mol. The summed E-state index contributed by atoms with van der Waals surface area (Å²) in [7, 11) is 1.63. The first-order valence-electron chi connectivity index (χ1n) is 7.63. The van der Waals surface area contributed by atoms with Crippen LogP contribution in [0.1, 0.15) is 27.2 Å². The number of para-hydroxylation sites is 2. The molecule has 1 aliphatic heterocycles. The van der Waals surface area contributed by atoms with Crippen molar-refractivity contribution in [2.45, 2.75) is 32.8 Å². The van der Waals surface area contributed by atoms with Gasteiger partial charge in [-0.2, -0.15) is 0 Å². The van der Waals surface area contributed by atoms with E-state index in [4.69, 9.17) is 14.2 Å². The van der Waals surface area contributed by atoms with Crippen molar-refractivity contribution in [1.82, 2.24) is 4.90 Å². The molecule has 1 atom stereocenters. The molecule has 1 fully saturated rings. The smallest absolute Gasteiger partial charge is 0.410 e. The highest BCUT2D eigenvalue weighted by atomic mass is 16.6. The Morgan fingerprint density at radius 3 is 2.59 bits per heavy atom. The molecular formula is C17H25NO4. The summed E-state index contributed by atoms with van der Waals surface area (Å²) in [6, 6.07) is 7.58. The Balaban J connectivity index is 1.83. The van der Waals surface area contributed by atoms with Crippen LogP contribution in [0.2, 0.25) is 0 Å². The van der Waals surface area contributed by atoms with Crippen molar-refractivity contribution in [2.24, 2.45) is 5.92 Å². The summed E-state index contributed by atoms with van der Waals surface area (Å²) in [4.78, 5) is 13.8. The minimum Gasteiger partial charge on any atom is -0.493 e. The van der Waals surface area contributed by atoms with Crippen LogP contribution in [0, 0.1) is 5.92 Å². The number of carbonyl (C=O) groups excluding carboxylic acids is 1. The fourth-order valence-electron chi connectivity index (χ4n) is 2.41. The van der Waals surface area contributed by atoms with Gasteiger partial charge in [-0.1, -0.05) is 12.1 Å². The van der Waals surface area contributed by atoms with E-state index in [0.717, 1.165) is 24.5 Å². The Morgan fingerprint density at radius 2 is 1.95 bits per heavy atom. The van der Waals surface area contributed by atoms with Crippen LogP contribution in [-0.2, 0) is 4.74 Å². The molecule has 1 heterocycles. The van der Waals surface area contributed by atoms with E-state index in [2.05, 4.69) is 0 Å². The Morgan fingerprint density at radius 1 is 1.27 bits per heavy atom. The maximum atomic E-state index is 12.0. The normalized spacial score (nSPS) is 18.2. The van der Waals surface area contributed by atoms with Crippen LogP contribution in [0.5, 0.6) is 11.5 Å². The average Bonchev–Trinajstić information content (AvgIpc) is 2.92. The molecule has 1 amide bonds. The number of ether oxygens (including phenoxy) is 3. The molecule has 5 nitrogen and oxygen atoms in total. The van der Waals surface area contributed by atoms with Crippen LogP contribution in [-0.4, -0.2) is 43.4 Å². The second kappa shape index (κ2) is 6.90. The maximum Gasteiger partial charge on any atom is 0.410 e. The topological polar surface area (TPSA) is 48.0 Å². The highest BCUT2D eigenvalue weighted by molar-refractivity contribution is 5.68. The molecule has 1 unspecified atom stereocenters. The molecule has 22 heavy (non-hydrogen) atoms. The Hall–Kier alpha value is -1.91. The molecule has 0 aliphatic carbocycles. The third kappa shape index (κ3) is 4.55. The molecule has 0 spiro atoms. The second-order valence-electron chi connectivity index (χ2n) is 6.54. The molecule has 1 aromatic rings. The Bertz CT molecular complexity index is 510. The lowest BCUT2D eigenvalue weighted by Crippen LogP contribution is -2.35. The highest BCUT2D eigenvalue weighted by Crippen LogP contribution is 2.27. The SMILES string of the molecule is COc1ccccc1OCC1CCN(C(=O)OC(C)(C)C)C1. The molecule has 5 heteroatoms. The molecule has 0 N–H and O–H groups in total. The standard InChI is InChI=1S/C17H25NO4/c1-17(2,3)22-16(19)18-10-9-13(11-18)12-21-15-8-6-5-7-14(15)20-4/h5-8,13H,9-12H2,1-4H3. The van der Waals surface area contributed by atoms with Gasteiger partial charge in [0.25, 0.3) is 0 Å². The van der Waals surface area contributed by atoms with E-state index >= 15 is 0 Å². The zero-order chi connectivity index (χ0) is 16.2. The van der Waals surface area contributed by atoms with Crippen LogP contribution < -0.4 is 9.47 Å². The van der Waals surface area contributed by atoms with Crippen LogP contribution in [0.3, 0.4) is 0 Å². The number of rotatable bonds is 4. The van der Waals surface area contributed by atoms with Crippen molar-refractivity contribution in [1.29, 1.82) is 0 Å². The van der Waals surface area contributed by atoms with Crippen molar-refractivity contribution in [3.05, 3.63) is 24.3 Å². The summed E-state index contributed by atoms with van der Waals surface area (Å²) in [6.45, 7) is 7.59. The second-order valence-corrected chi connectivity index (χ2v) is 6.54. The van der Waals surface area contributed by atoms with Crippen molar-refractivity contribution in [2.75, 3.05) is 26.8 Å². The van der Waals surface area contributed by atoms with Crippen LogP contribution in [0.25, 0.3) is 0 Å². The molecule has 1 aromatic carbocycles. The third-order valence-corrected chi connectivity index (χ3v) is 3.48.